The van der Waals surface area contributed by atoms with Crippen LogP contribution >= 0.6 is 11.8 Å². The van der Waals surface area contributed by atoms with E-state index >= 15 is 0 Å². The Hall–Kier alpha value is -2.94. The van der Waals surface area contributed by atoms with Crippen molar-refractivity contribution in [2.75, 3.05) is 24.8 Å². The van der Waals surface area contributed by atoms with Crippen molar-refractivity contribution in [3.63, 3.8) is 0 Å². The minimum atomic E-state index is -0.778. The monoisotopic (exact) mass is 395 g/mol. The van der Waals surface area contributed by atoms with E-state index in [9.17, 15) is 23.2 Å². The Labute approximate surface area is 157 Å². The number of methoxy groups -OCH3 is 1. The number of hydrogen-bond acceptors (Lipinski definition) is 6. The van der Waals surface area contributed by atoms with E-state index < -0.39 is 36.1 Å². The third-order valence-electron chi connectivity index (χ3n) is 3.21. The molecular formula is C18H15F2NO5S. The number of nitrogens with one attached hydrogen (secondary N) is 1. The van der Waals surface area contributed by atoms with Gasteiger partial charge in [0.15, 0.2) is 6.61 Å². The molecule has 142 valence electrons. The van der Waals surface area contributed by atoms with E-state index in [2.05, 4.69) is 10.1 Å². The number of amides is 1. The van der Waals surface area contributed by atoms with Crippen molar-refractivity contribution >= 4 is 35.3 Å². The second-order valence-electron chi connectivity index (χ2n) is 5.11. The van der Waals surface area contributed by atoms with Crippen molar-refractivity contribution in [3.8, 4) is 0 Å². The third-order valence-corrected chi connectivity index (χ3v) is 4.21. The van der Waals surface area contributed by atoms with Crippen LogP contribution in [0.15, 0.2) is 47.4 Å². The Kier molecular flexibility index (Phi) is 7.30. The highest BCUT2D eigenvalue weighted by atomic mass is 32.2. The first kappa shape index (κ1) is 20.4. The lowest BCUT2D eigenvalue weighted by atomic mass is 10.2. The van der Waals surface area contributed by atoms with Crippen molar-refractivity contribution in [1.82, 2.24) is 0 Å². The number of ether oxygens (including phenoxy) is 2. The number of para-hydroxylation sites is 1. The molecule has 0 aliphatic carbocycles. The van der Waals surface area contributed by atoms with Gasteiger partial charge in [0, 0.05) is 4.90 Å². The number of esters is 2. The van der Waals surface area contributed by atoms with E-state index in [4.69, 9.17) is 4.74 Å². The Morgan fingerprint density at radius 1 is 1.11 bits per heavy atom. The van der Waals surface area contributed by atoms with Crippen molar-refractivity contribution in [2.45, 2.75) is 4.90 Å². The fourth-order valence-electron chi connectivity index (χ4n) is 1.98. The van der Waals surface area contributed by atoms with E-state index in [-0.39, 0.29) is 21.9 Å². The second-order valence-corrected chi connectivity index (χ2v) is 6.13. The van der Waals surface area contributed by atoms with Gasteiger partial charge in [-0.1, -0.05) is 12.1 Å². The lowest BCUT2D eigenvalue weighted by molar-refractivity contribution is -0.144. The molecule has 2 aromatic rings. The summed E-state index contributed by atoms with van der Waals surface area (Å²) in [5, 5.41) is 2.44. The quantitative estimate of drug-likeness (QED) is 0.573. The molecule has 0 saturated heterocycles. The molecule has 0 saturated carbocycles. The lowest BCUT2D eigenvalue weighted by Gasteiger charge is -2.10. The van der Waals surface area contributed by atoms with Crippen molar-refractivity contribution in [3.05, 3.63) is 59.7 Å². The largest absolute Gasteiger partial charge is 0.465 e. The zero-order chi connectivity index (χ0) is 19.8. The standard InChI is InChI=1S/C18H15F2NO5S/c1-25-18(24)12-4-2-3-5-14(12)21-16(22)9-26-17(23)10-27-15-8-11(19)6-7-13(15)20/h2-8H,9-10H2,1H3,(H,21,22). The summed E-state index contributed by atoms with van der Waals surface area (Å²) in [5.74, 6) is -3.66. The maximum atomic E-state index is 13.5. The number of benzene rings is 2. The summed E-state index contributed by atoms with van der Waals surface area (Å²) in [7, 11) is 1.21. The molecule has 9 heteroatoms. The number of anilines is 1. The van der Waals surface area contributed by atoms with Crippen molar-refractivity contribution in [2.24, 2.45) is 0 Å². The highest BCUT2D eigenvalue weighted by Gasteiger charge is 2.15. The van der Waals surface area contributed by atoms with E-state index in [1.54, 1.807) is 12.1 Å². The van der Waals surface area contributed by atoms with Gasteiger partial charge in [-0.2, -0.15) is 0 Å². The highest BCUT2D eigenvalue weighted by molar-refractivity contribution is 8.00. The van der Waals surface area contributed by atoms with Gasteiger partial charge in [-0.25, -0.2) is 13.6 Å². The van der Waals surface area contributed by atoms with E-state index in [0.717, 1.165) is 30.0 Å². The van der Waals surface area contributed by atoms with Crippen LogP contribution < -0.4 is 5.32 Å². The number of rotatable bonds is 7. The molecular weight excluding hydrogens is 380 g/mol. The molecule has 0 bridgehead atoms. The summed E-state index contributed by atoms with van der Waals surface area (Å²) in [6.45, 7) is -0.597. The molecule has 27 heavy (non-hydrogen) atoms. The summed E-state index contributed by atoms with van der Waals surface area (Å²) >= 11 is 0.752. The van der Waals surface area contributed by atoms with Crippen LogP contribution in [0.25, 0.3) is 0 Å². The predicted molar refractivity (Wildman–Crippen MR) is 94.5 cm³/mol. The van der Waals surface area contributed by atoms with E-state index in [1.165, 1.54) is 19.2 Å². The van der Waals surface area contributed by atoms with E-state index in [1.807, 2.05) is 0 Å². The fourth-order valence-corrected chi connectivity index (χ4v) is 2.74. The Balaban J connectivity index is 1.84. The average Bonchev–Trinajstić information content (AvgIpc) is 2.67. The minimum Gasteiger partial charge on any atom is -0.465 e. The van der Waals surface area contributed by atoms with Gasteiger partial charge in [-0.05, 0) is 30.3 Å². The second kappa shape index (κ2) is 9.67. The molecule has 0 aliphatic heterocycles. The number of carbonyl (C=O) groups excluding carboxylic acids is 3. The topological polar surface area (TPSA) is 81.7 Å². The van der Waals surface area contributed by atoms with Crippen LogP contribution in [0.5, 0.6) is 0 Å². The van der Waals surface area contributed by atoms with Crippen LogP contribution in [0.4, 0.5) is 14.5 Å². The van der Waals surface area contributed by atoms with Gasteiger partial charge in [0.25, 0.3) is 5.91 Å². The van der Waals surface area contributed by atoms with Crippen LogP contribution in [-0.4, -0.2) is 37.3 Å². The average molecular weight is 395 g/mol. The molecule has 2 aromatic carbocycles. The number of carbonyl (C=O) groups is 3. The first-order chi connectivity index (χ1) is 12.9. The molecule has 0 fully saturated rings. The molecule has 1 N–H and O–H groups in total. The van der Waals surface area contributed by atoms with Gasteiger partial charge in [-0.3, -0.25) is 9.59 Å². The first-order valence-corrected chi connectivity index (χ1v) is 8.60. The maximum Gasteiger partial charge on any atom is 0.339 e. The maximum absolute atomic E-state index is 13.5. The van der Waals surface area contributed by atoms with Gasteiger partial charge in [0.05, 0.1) is 24.1 Å². The fraction of sp³-hybridized carbons (Fsp3) is 0.167. The Morgan fingerprint density at radius 2 is 1.85 bits per heavy atom. The SMILES string of the molecule is COC(=O)c1ccccc1NC(=O)COC(=O)CSc1cc(F)ccc1F. The Morgan fingerprint density at radius 3 is 2.59 bits per heavy atom. The van der Waals surface area contributed by atoms with Crippen LogP contribution in [0.3, 0.4) is 0 Å². The number of thioether (sulfide) groups is 1. The normalized spacial score (nSPS) is 10.2. The van der Waals surface area contributed by atoms with Crippen LogP contribution in [-0.2, 0) is 19.1 Å². The van der Waals surface area contributed by atoms with Gasteiger partial charge < -0.3 is 14.8 Å². The minimum absolute atomic E-state index is 0.0385. The zero-order valence-corrected chi connectivity index (χ0v) is 15.0. The van der Waals surface area contributed by atoms with Crippen LogP contribution in [0.2, 0.25) is 0 Å². The number of hydrogen-bond donors (Lipinski definition) is 1. The predicted octanol–water partition coefficient (Wildman–Crippen LogP) is 3.03. The zero-order valence-electron chi connectivity index (χ0n) is 14.2. The summed E-state index contributed by atoms with van der Waals surface area (Å²) in [5.41, 5.74) is 0.360. The molecule has 0 atom stereocenters. The first-order valence-electron chi connectivity index (χ1n) is 7.61. The van der Waals surface area contributed by atoms with E-state index in [0.29, 0.717) is 0 Å². The lowest BCUT2D eigenvalue weighted by Crippen LogP contribution is -2.22. The molecule has 0 aliphatic rings. The molecule has 0 heterocycles. The molecule has 2 rings (SSSR count). The molecule has 0 aromatic heterocycles. The molecule has 6 nitrogen and oxygen atoms in total. The molecule has 0 unspecified atom stereocenters. The molecule has 0 radical (unpaired) electrons. The summed E-state index contributed by atoms with van der Waals surface area (Å²) in [6.07, 6.45) is 0. The third kappa shape index (κ3) is 6.07. The van der Waals surface area contributed by atoms with Gasteiger partial charge >= 0.3 is 11.9 Å². The van der Waals surface area contributed by atoms with Crippen LogP contribution in [0, 0.1) is 11.6 Å². The summed E-state index contributed by atoms with van der Waals surface area (Å²) in [6, 6.07) is 9.06. The van der Waals surface area contributed by atoms with Crippen molar-refractivity contribution in [1.29, 1.82) is 0 Å². The summed E-state index contributed by atoms with van der Waals surface area (Å²) in [4.78, 5) is 35.2. The van der Waals surface area contributed by atoms with Gasteiger partial charge in [0.2, 0.25) is 0 Å². The highest BCUT2D eigenvalue weighted by Crippen LogP contribution is 2.22. The number of halogens is 2. The van der Waals surface area contributed by atoms with Crippen LogP contribution in [0.1, 0.15) is 10.4 Å². The van der Waals surface area contributed by atoms with Crippen molar-refractivity contribution < 1.29 is 32.6 Å². The summed E-state index contributed by atoms with van der Waals surface area (Å²) < 4.78 is 35.9. The Bertz CT molecular complexity index is 859. The smallest absolute Gasteiger partial charge is 0.339 e. The molecule has 0 spiro atoms. The van der Waals surface area contributed by atoms with Gasteiger partial charge in [-0.15, -0.1) is 11.8 Å². The molecule has 1 amide bonds. The van der Waals surface area contributed by atoms with Gasteiger partial charge in [0.1, 0.15) is 11.6 Å².